The third-order valence-electron chi connectivity index (χ3n) is 3.07. The van der Waals surface area contributed by atoms with Gasteiger partial charge in [0.25, 0.3) is 0 Å². The van der Waals surface area contributed by atoms with Crippen LogP contribution in [0.15, 0.2) is 0 Å². The Morgan fingerprint density at radius 3 is 2.37 bits per heavy atom. The van der Waals surface area contributed by atoms with E-state index in [2.05, 4.69) is 57.2 Å². The van der Waals surface area contributed by atoms with E-state index in [9.17, 15) is 0 Å². The zero-order valence-corrected chi connectivity index (χ0v) is 19.0. The fourth-order valence-corrected chi connectivity index (χ4v) is 4.17. The minimum absolute atomic E-state index is 0. The molecule has 0 aliphatic heterocycles. The molecule has 2 N–H and O–H groups in total. The Morgan fingerprint density at radius 2 is 1.89 bits per heavy atom. The summed E-state index contributed by atoms with van der Waals surface area (Å²) < 4.78 is 0. The molecule has 2 unspecified atom stereocenters. The van der Waals surface area contributed by atoms with E-state index in [1.165, 1.54) is 37.3 Å². The second-order valence-electron chi connectivity index (χ2n) is 4.57. The quantitative estimate of drug-likeness (QED) is 0.303. The van der Waals surface area contributed by atoms with Gasteiger partial charge in [0.2, 0.25) is 0 Å². The molecule has 0 heterocycles. The molecule has 2 nitrogen and oxygen atoms in total. The van der Waals surface area contributed by atoms with Gasteiger partial charge in [-0.1, -0.05) is 13.8 Å². The van der Waals surface area contributed by atoms with Crippen molar-refractivity contribution in [3.05, 3.63) is 6.42 Å². The molecule has 0 radical (unpaired) electrons. The zero-order chi connectivity index (χ0) is 13.1. The van der Waals surface area contributed by atoms with E-state index in [0.717, 1.165) is 5.25 Å². The molecule has 0 aromatic heterocycles. The summed E-state index contributed by atoms with van der Waals surface area (Å²) in [5.41, 5.74) is 0. The first-order chi connectivity index (χ1) is 8.17. The van der Waals surface area contributed by atoms with Gasteiger partial charge in [0.15, 0.2) is 0 Å². The smallest absolute Gasteiger partial charge is 0.0291 e. The van der Waals surface area contributed by atoms with Gasteiger partial charge in [0.1, 0.15) is 0 Å². The van der Waals surface area contributed by atoms with Crippen molar-refractivity contribution in [3.8, 4) is 0 Å². The normalized spacial score (nSPS) is 13.6. The molecule has 2 atom stereocenters. The molecule has 0 rings (SSSR count). The summed E-state index contributed by atoms with van der Waals surface area (Å²) in [7, 11) is 2.27. The predicted molar refractivity (Wildman–Crippen MR) is 89.8 cm³/mol. The molecular formula is C14H32NOS2U-. The van der Waals surface area contributed by atoms with Crippen molar-refractivity contribution in [3.63, 3.8) is 0 Å². The van der Waals surface area contributed by atoms with E-state index in [-0.39, 0.29) is 36.6 Å². The summed E-state index contributed by atoms with van der Waals surface area (Å²) >= 11 is 4.13. The average molecular weight is 533 g/mol. The topological polar surface area (TPSA) is 34.7 Å². The largest absolute Gasteiger partial charge is 0.412 e. The third-order valence-corrected chi connectivity index (χ3v) is 5.61. The van der Waals surface area contributed by atoms with E-state index in [1.807, 2.05) is 11.8 Å². The van der Waals surface area contributed by atoms with E-state index >= 15 is 0 Å². The van der Waals surface area contributed by atoms with Crippen LogP contribution < -0.4 is 0 Å². The summed E-state index contributed by atoms with van der Waals surface area (Å²) in [6, 6.07) is 0.684. The Hall–Kier alpha value is 1.67. The molecule has 0 aliphatic rings. The van der Waals surface area contributed by atoms with Crippen LogP contribution in [0.25, 0.3) is 0 Å². The van der Waals surface area contributed by atoms with Crippen LogP contribution in [0.1, 0.15) is 40.0 Å². The van der Waals surface area contributed by atoms with Crippen molar-refractivity contribution < 1.29 is 36.6 Å². The first-order valence-electron chi connectivity index (χ1n) is 6.79. The molecule has 0 amide bonds. The van der Waals surface area contributed by atoms with Crippen LogP contribution in [0.4, 0.5) is 0 Å². The Balaban J connectivity index is -0.00000128. The second-order valence-corrected chi connectivity index (χ2v) is 6.83. The second kappa shape index (κ2) is 17.7. The number of rotatable bonds is 11. The molecule has 5 heteroatoms. The molecule has 0 aromatic carbocycles. The van der Waals surface area contributed by atoms with Crippen LogP contribution in [-0.4, -0.2) is 53.0 Å². The molecule has 0 bridgehead atoms. The summed E-state index contributed by atoms with van der Waals surface area (Å²) in [6.45, 7) is 8.08. The van der Waals surface area contributed by atoms with Crippen molar-refractivity contribution in [2.45, 2.75) is 51.3 Å². The van der Waals surface area contributed by atoms with Crippen LogP contribution in [0.3, 0.4) is 0 Å². The van der Waals surface area contributed by atoms with Gasteiger partial charge in [-0.15, -0.1) is 0 Å². The van der Waals surface area contributed by atoms with Gasteiger partial charge in [-0.2, -0.15) is 36.4 Å². The molecule has 0 spiro atoms. The Kier molecular flexibility index (Phi) is 23.9. The fraction of sp³-hybridized carbons (Fsp3) is 0.929. The van der Waals surface area contributed by atoms with Gasteiger partial charge in [-0.3, -0.25) is 0 Å². The Bertz CT molecular complexity index is 176. The van der Waals surface area contributed by atoms with Crippen LogP contribution in [0.5, 0.6) is 0 Å². The minimum atomic E-state index is 0. The molecule has 116 valence electrons. The van der Waals surface area contributed by atoms with E-state index < -0.39 is 0 Å². The molecule has 19 heavy (non-hydrogen) atoms. The van der Waals surface area contributed by atoms with Crippen LogP contribution >= 0.6 is 23.5 Å². The van der Waals surface area contributed by atoms with Gasteiger partial charge >= 0.3 is 0 Å². The maximum atomic E-state index is 2.52. The van der Waals surface area contributed by atoms with Crippen molar-refractivity contribution in [2.75, 3.05) is 31.4 Å². The number of hydrogen-bond acceptors (Lipinski definition) is 3. The number of unbranched alkanes of at least 4 members (excludes halogenated alkanes) is 2. The molecule has 0 saturated heterocycles. The Morgan fingerprint density at radius 1 is 1.26 bits per heavy atom. The van der Waals surface area contributed by atoms with Gasteiger partial charge in [-0.05, 0) is 38.9 Å². The predicted octanol–water partition coefficient (Wildman–Crippen LogP) is 3.36. The molecule has 0 saturated carbocycles. The molecule has 0 aliphatic carbocycles. The third kappa shape index (κ3) is 13.1. The standard InChI is InChI=1S/C14H30NS2.H2O.U/c1-6-8-9-10-15(4)13(3)14(12-16-5)17-11-7-2;;/h8,13-14H,6-7,9-12H2,1-5H3;1H2;/q-1;;. The molecule has 0 aromatic rings. The SMILES string of the molecule is CC[CH-]CCN(C)C(C)C(CSC)SCCC.O.[U]. The fourth-order valence-electron chi connectivity index (χ4n) is 1.75. The maximum absolute atomic E-state index is 2.52. The monoisotopic (exact) mass is 532 g/mol. The summed E-state index contributed by atoms with van der Waals surface area (Å²) in [6.07, 6.45) is 8.31. The number of thioether (sulfide) groups is 2. The van der Waals surface area contributed by atoms with E-state index in [1.54, 1.807) is 0 Å². The van der Waals surface area contributed by atoms with Gasteiger partial charge in [-0.25, -0.2) is 0 Å². The maximum Gasteiger partial charge on any atom is 0.0291 e. The van der Waals surface area contributed by atoms with Gasteiger partial charge < -0.3 is 16.8 Å². The Labute approximate surface area is 153 Å². The number of hydrogen-bond donors (Lipinski definition) is 0. The van der Waals surface area contributed by atoms with E-state index in [4.69, 9.17) is 0 Å². The van der Waals surface area contributed by atoms with Crippen molar-refractivity contribution in [1.29, 1.82) is 0 Å². The first kappa shape index (κ1) is 25.6. The summed E-state index contributed by atoms with van der Waals surface area (Å²) in [5.74, 6) is 2.57. The van der Waals surface area contributed by atoms with Gasteiger partial charge in [0.05, 0.1) is 0 Å². The van der Waals surface area contributed by atoms with Crippen LogP contribution in [0.2, 0.25) is 0 Å². The van der Waals surface area contributed by atoms with Crippen LogP contribution in [-0.2, 0) is 0 Å². The first-order valence-corrected chi connectivity index (χ1v) is 9.24. The minimum Gasteiger partial charge on any atom is -0.412 e. The molecular weight excluding hydrogens is 500 g/mol. The van der Waals surface area contributed by atoms with Crippen molar-refractivity contribution in [1.82, 2.24) is 4.90 Å². The molecule has 0 fully saturated rings. The average Bonchev–Trinajstić information content (AvgIpc) is 2.33. The summed E-state index contributed by atoms with van der Waals surface area (Å²) in [4.78, 5) is 2.52. The van der Waals surface area contributed by atoms with Crippen molar-refractivity contribution >= 4 is 23.5 Å². The number of nitrogens with zero attached hydrogens (tertiary/aromatic N) is 1. The van der Waals surface area contributed by atoms with Crippen molar-refractivity contribution in [2.24, 2.45) is 0 Å². The van der Waals surface area contributed by atoms with E-state index in [0.29, 0.717) is 6.04 Å². The summed E-state index contributed by atoms with van der Waals surface area (Å²) in [5, 5.41) is 0.775. The van der Waals surface area contributed by atoms with Gasteiger partial charge in [0, 0.05) is 48.2 Å². The van der Waals surface area contributed by atoms with Crippen LogP contribution in [0, 0.1) is 37.5 Å². The zero-order valence-electron chi connectivity index (χ0n) is 13.2.